The molecule has 2 rings (SSSR count). The molecule has 0 unspecified atom stereocenters. The Bertz CT molecular complexity index is 472. The fourth-order valence-corrected chi connectivity index (χ4v) is 2.21. The molecule has 116 valence electrons. The highest BCUT2D eigenvalue weighted by atomic mass is 16.5. The average molecular weight is 293 g/mol. The molecule has 1 aromatic rings. The van der Waals surface area contributed by atoms with Crippen molar-refractivity contribution in [2.24, 2.45) is 5.92 Å². The topological polar surface area (TPSA) is 56.8 Å². The maximum absolute atomic E-state index is 11.8. The summed E-state index contributed by atoms with van der Waals surface area (Å²) in [6.45, 7) is 0.814. The lowest BCUT2D eigenvalue weighted by Gasteiger charge is -2.14. The molecule has 0 spiro atoms. The van der Waals surface area contributed by atoms with E-state index in [0.29, 0.717) is 36.0 Å². The molecule has 1 aromatic carbocycles. The fraction of sp³-hybridized carbons (Fsp3) is 0.562. The molecule has 0 saturated heterocycles. The van der Waals surface area contributed by atoms with Crippen LogP contribution in [0.1, 0.15) is 24.8 Å². The second-order valence-electron chi connectivity index (χ2n) is 5.28. The van der Waals surface area contributed by atoms with Crippen LogP contribution >= 0.6 is 0 Å². The molecule has 5 nitrogen and oxygen atoms in total. The van der Waals surface area contributed by atoms with Crippen molar-refractivity contribution >= 4 is 5.91 Å². The minimum atomic E-state index is 0.0932. The van der Waals surface area contributed by atoms with Crippen LogP contribution in [0.15, 0.2) is 12.1 Å². The van der Waals surface area contributed by atoms with Gasteiger partial charge in [-0.1, -0.05) is 0 Å². The number of aryl methyl sites for hydroxylation is 1. The highest BCUT2D eigenvalue weighted by molar-refractivity contribution is 5.76. The zero-order chi connectivity index (χ0) is 15.2. The van der Waals surface area contributed by atoms with Crippen LogP contribution < -0.4 is 19.5 Å². The molecule has 0 aliphatic heterocycles. The number of amides is 1. The fourth-order valence-electron chi connectivity index (χ4n) is 2.21. The van der Waals surface area contributed by atoms with E-state index in [1.165, 1.54) is 12.8 Å². The molecule has 1 fully saturated rings. The first-order valence-corrected chi connectivity index (χ1v) is 7.23. The van der Waals surface area contributed by atoms with Gasteiger partial charge in [0.2, 0.25) is 11.7 Å². The van der Waals surface area contributed by atoms with E-state index in [2.05, 4.69) is 5.32 Å². The smallest absolute Gasteiger partial charge is 0.220 e. The third kappa shape index (κ3) is 4.28. The Balaban J connectivity index is 1.96. The van der Waals surface area contributed by atoms with Gasteiger partial charge in [0.15, 0.2) is 11.5 Å². The lowest BCUT2D eigenvalue weighted by atomic mass is 10.1. The van der Waals surface area contributed by atoms with Crippen molar-refractivity contribution < 1.29 is 19.0 Å². The molecule has 1 N–H and O–H groups in total. The summed E-state index contributed by atoms with van der Waals surface area (Å²) in [5.41, 5.74) is 0.992. The van der Waals surface area contributed by atoms with Crippen LogP contribution in [-0.2, 0) is 11.2 Å². The van der Waals surface area contributed by atoms with Crippen LogP contribution in [0.25, 0.3) is 0 Å². The summed E-state index contributed by atoms with van der Waals surface area (Å²) in [5, 5.41) is 2.97. The molecule has 0 bridgehead atoms. The van der Waals surface area contributed by atoms with Gasteiger partial charge in [-0.2, -0.15) is 0 Å². The second-order valence-corrected chi connectivity index (χ2v) is 5.28. The van der Waals surface area contributed by atoms with Crippen LogP contribution in [-0.4, -0.2) is 33.8 Å². The van der Waals surface area contributed by atoms with Gasteiger partial charge >= 0.3 is 0 Å². The van der Waals surface area contributed by atoms with Gasteiger partial charge in [-0.05, 0) is 42.9 Å². The van der Waals surface area contributed by atoms with Gasteiger partial charge in [0, 0.05) is 13.0 Å². The predicted octanol–water partition coefficient (Wildman–Crippen LogP) is 2.17. The molecule has 21 heavy (non-hydrogen) atoms. The number of hydrogen-bond acceptors (Lipinski definition) is 4. The summed E-state index contributed by atoms with van der Waals surface area (Å²) >= 11 is 0. The molecular formula is C16H23NO4. The van der Waals surface area contributed by atoms with Crippen molar-refractivity contribution in [1.29, 1.82) is 0 Å². The molecule has 1 aliphatic carbocycles. The summed E-state index contributed by atoms with van der Waals surface area (Å²) in [5.74, 6) is 2.60. The van der Waals surface area contributed by atoms with Gasteiger partial charge in [-0.15, -0.1) is 0 Å². The van der Waals surface area contributed by atoms with E-state index in [9.17, 15) is 4.79 Å². The summed E-state index contributed by atoms with van der Waals surface area (Å²) in [7, 11) is 4.75. The minimum Gasteiger partial charge on any atom is -0.493 e. The van der Waals surface area contributed by atoms with Gasteiger partial charge in [0.05, 0.1) is 21.3 Å². The molecule has 1 saturated carbocycles. The molecule has 1 aliphatic rings. The number of ether oxygens (including phenoxy) is 3. The number of methoxy groups -OCH3 is 3. The summed E-state index contributed by atoms with van der Waals surface area (Å²) < 4.78 is 15.9. The summed E-state index contributed by atoms with van der Waals surface area (Å²) in [6, 6.07) is 3.77. The van der Waals surface area contributed by atoms with Gasteiger partial charge < -0.3 is 19.5 Å². The second kappa shape index (κ2) is 7.20. The highest BCUT2D eigenvalue weighted by Gasteiger charge is 2.21. The van der Waals surface area contributed by atoms with Gasteiger partial charge in [-0.3, -0.25) is 4.79 Å². The van der Waals surface area contributed by atoms with E-state index in [1.807, 2.05) is 12.1 Å². The lowest BCUT2D eigenvalue weighted by Crippen LogP contribution is -2.25. The van der Waals surface area contributed by atoms with Gasteiger partial charge in [-0.25, -0.2) is 0 Å². The number of carbonyl (C=O) groups is 1. The summed E-state index contributed by atoms with van der Waals surface area (Å²) in [6.07, 6.45) is 3.60. The van der Waals surface area contributed by atoms with Gasteiger partial charge in [0.25, 0.3) is 0 Å². The average Bonchev–Trinajstić information content (AvgIpc) is 3.33. The Hall–Kier alpha value is -1.91. The Morgan fingerprint density at radius 1 is 1.14 bits per heavy atom. The van der Waals surface area contributed by atoms with Crippen LogP contribution in [0.2, 0.25) is 0 Å². The number of benzene rings is 1. The lowest BCUT2D eigenvalue weighted by molar-refractivity contribution is -0.121. The number of carbonyl (C=O) groups excluding carboxylic acids is 1. The number of nitrogens with one attached hydrogen (secondary N) is 1. The Labute approximate surface area is 125 Å². The van der Waals surface area contributed by atoms with E-state index < -0.39 is 0 Å². The van der Waals surface area contributed by atoms with Crippen molar-refractivity contribution in [2.45, 2.75) is 25.7 Å². The maximum atomic E-state index is 11.8. The summed E-state index contributed by atoms with van der Waals surface area (Å²) in [4.78, 5) is 11.8. The van der Waals surface area contributed by atoms with Crippen molar-refractivity contribution in [3.05, 3.63) is 17.7 Å². The maximum Gasteiger partial charge on any atom is 0.220 e. The first-order chi connectivity index (χ1) is 10.2. The molecular weight excluding hydrogens is 270 g/mol. The normalized spacial score (nSPS) is 13.7. The van der Waals surface area contributed by atoms with Crippen LogP contribution in [0.5, 0.6) is 17.2 Å². The van der Waals surface area contributed by atoms with Gasteiger partial charge in [0.1, 0.15) is 0 Å². The largest absolute Gasteiger partial charge is 0.493 e. The zero-order valence-electron chi connectivity index (χ0n) is 12.9. The third-order valence-electron chi connectivity index (χ3n) is 3.65. The Kier molecular flexibility index (Phi) is 5.31. The number of hydrogen-bond donors (Lipinski definition) is 1. The third-order valence-corrected chi connectivity index (χ3v) is 3.65. The monoisotopic (exact) mass is 293 g/mol. The standard InChI is InChI=1S/C16H23NO4/c1-19-13-8-12(9-14(20-2)16(13)21-3)6-7-15(18)17-10-11-4-5-11/h8-9,11H,4-7,10H2,1-3H3,(H,17,18). The molecule has 5 heteroatoms. The highest BCUT2D eigenvalue weighted by Crippen LogP contribution is 2.38. The Morgan fingerprint density at radius 3 is 2.24 bits per heavy atom. The molecule has 1 amide bonds. The molecule has 0 atom stereocenters. The van der Waals surface area contributed by atoms with E-state index >= 15 is 0 Å². The predicted molar refractivity (Wildman–Crippen MR) is 80.2 cm³/mol. The zero-order valence-corrected chi connectivity index (χ0v) is 12.9. The molecule has 0 heterocycles. The van der Waals surface area contributed by atoms with E-state index in [-0.39, 0.29) is 5.91 Å². The van der Waals surface area contributed by atoms with Crippen molar-refractivity contribution in [2.75, 3.05) is 27.9 Å². The minimum absolute atomic E-state index is 0.0932. The van der Waals surface area contributed by atoms with Crippen molar-refractivity contribution in [1.82, 2.24) is 5.32 Å². The van der Waals surface area contributed by atoms with E-state index in [1.54, 1.807) is 21.3 Å². The van der Waals surface area contributed by atoms with Crippen LogP contribution in [0, 0.1) is 5.92 Å². The quantitative estimate of drug-likeness (QED) is 0.798. The molecule has 0 aromatic heterocycles. The van der Waals surface area contributed by atoms with E-state index in [4.69, 9.17) is 14.2 Å². The first-order valence-electron chi connectivity index (χ1n) is 7.23. The van der Waals surface area contributed by atoms with Crippen molar-refractivity contribution in [3.63, 3.8) is 0 Å². The van der Waals surface area contributed by atoms with Crippen LogP contribution in [0.3, 0.4) is 0 Å². The molecule has 0 radical (unpaired) electrons. The van der Waals surface area contributed by atoms with Crippen molar-refractivity contribution in [3.8, 4) is 17.2 Å². The number of rotatable bonds is 8. The van der Waals surface area contributed by atoms with Crippen LogP contribution in [0.4, 0.5) is 0 Å². The van der Waals surface area contributed by atoms with E-state index in [0.717, 1.165) is 12.1 Å². The Morgan fingerprint density at radius 2 is 1.76 bits per heavy atom. The first kappa shape index (κ1) is 15.5. The SMILES string of the molecule is COc1cc(CCC(=O)NCC2CC2)cc(OC)c1OC.